The number of carboxylic acid groups (broad SMARTS) is 1. The van der Waals surface area contributed by atoms with E-state index in [0.29, 0.717) is 6.61 Å². The summed E-state index contributed by atoms with van der Waals surface area (Å²) in [7, 11) is -4.61. The maximum Gasteiger partial charge on any atom is 0.472 e. The van der Waals surface area contributed by atoms with E-state index in [4.69, 9.17) is 29.4 Å². The molecule has 332 valence electrons. The standard InChI is InChI=1S/C45H88NO9P/c1-3-5-7-9-11-13-15-17-19-21-22-24-26-28-30-32-34-36-38-52-39-42(40-53-56(50,51)54-41-43(46)45(48)49)55-44(47)37-35-33-31-29-27-25-23-20-18-16-14-12-10-8-6-4-2/h17,19,42-43H,3-16,18,20-41,46H2,1-2H3,(H,48,49)(H,50,51)/b19-17-. The third-order valence-corrected chi connectivity index (χ3v) is 11.2. The number of aliphatic carboxylic acids is 1. The fourth-order valence-electron chi connectivity index (χ4n) is 6.66. The number of carbonyl (C=O) groups excluding carboxylic acids is 1. The van der Waals surface area contributed by atoms with Gasteiger partial charge in [0, 0.05) is 13.0 Å². The van der Waals surface area contributed by atoms with Crippen molar-refractivity contribution in [1.29, 1.82) is 0 Å². The first-order chi connectivity index (χ1) is 27.2. The van der Waals surface area contributed by atoms with Gasteiger partial charge in [-0.15, -0.1) is 0 Å². The summed E-state index contributed by atoms with van der Waals surface area (Å²) in [6, 6.07) is -1.47. The molecular weight excluding hydrogens is 729 g/mol. The molecule has 0 aliphatic rings. The van der Waals surface area contributed by atoms with E-state index in [1.165, 1.54) is 167 Å². The van der Waals surface area contributed by atoms with Gasteiger partial charge < -0.3 is 25.2 Å². The molecular formula is C45H88NO9P. The number of nitrogens with two attached hydrogens (primary N) is 1. The van der Waals surface area contributed by atoms with Gasteiger partial charge in [-0.3, -0.25) is 18.6 Å². The van der Waals surface area contributed by atoms with E-state index in [-0.39, 0.29) is 13.0 Å². The topological polar surface area (TPSA) is 155 Å². The van der Waals surface area contributed by atoms with Crippen LogP contribution in [0.3, 0.4) is 0 Å². The molecule has 0 bridgehead atoms. The van der Waals surface area contributed by atoms with Crippen molar-refractivity contribution < 1.29 is 42.7 Å². The Bertz CT molecular complexity index is 951. The van der Waals surface area contributed by atoms with Crippen LogP contribution >= 0.6 is 7.82 Å². The molecule has 10 nitrogen and oxygen atoms in total. The predicted molar refractivity (Wildman–Crippen MR) is 231 cm³/mol. The molecule has 0 saturated carbocycles. The van der Waals surface area contributed by atoms with Crippen LogP contribution < -0.4 is 5.73 Å². The predicted octanol–water partition coefficient (Wildman–Crippen LogP) is 12.9. The van der Waals surface area contributed by atoms with E-state index in [1.54, 1.807) is 0 Å². The molecule has 0 saturated heterocycles. The minimum absolute atomic E-state index is 0.0206. The molecule has 0 heterocycles. The molecule has 4 N–H and O–H groups in total. The first-order valence-electron chi connectivity index (χ1n) is 23.2. The SMILES string of the molecule is CCCCCCCC/C=C\CCCCCCCCCCOCC(COP(=O)(O)OCC(N)C(=O)O)OC(=O)CCCCCCCCCCCCCCCCCC. The molecule has 0 amide bonds. The highest BCUT2D eigenvalue weighted by Gasteiger charge is 2.27. The van der Waals surface area contributed by atoms with Gasteiger partial charge in [0.2, 0.25) is 0 Å². The Kier molecular flexibility index (Phi) is 40.9. The fourth-order valence-corrected chi connectivity index (χ4v) is 7.44. The van der Waals surface area contributed by atoms with Crippen LogP contribution in [0.4, 0.5) is 0 Å². The van der Waals surface area contributed by atoms with Crippen molar-refractivity contribution in [3.8, 4) is 0 Å². The Morgan fingerprint density at radius 3 is 1.36 bits per heavy atom. The van der Waals surface area contributed by atoms with Crippen LogP contribution in [0.5, 0.6) is 0 Å². The lowest BCUT2D eigenvalue weighted by atomic mass is 10.0. The number of hydrogen-bond acceptors (Lipinski definition) is 8. The van der Waals surface area contributed by atoms with Crippen molar-refractivity contribution >= 4 is 19.8 Å². The second-order valence-corrected chi connectivity index (χ2v) is 17.3. The first-order valence-corrected chi connectivity index (χ1v) is 24.7. The molecule has 3 atom stereocenters. The Morgan fingerprint density at radius 2 is 0.929 bits per heavy atom. The van der Waals surface area contributed by atoms with Gasteiger partial charge in [0.1, 0.15) is 12.1 Å². The molecule has 0 aromatic heterocycles. The van der Waals surface area contributed by atoms with Gasteiger partial charge >= 0.3 is 19.8 Å². The summed E-state index contributed by atoms with van der Waals surface area (Å²) in [5, 5.41) is 8.90. The maximum absolute atomic E-state index is 12.6. The normalized spacial score (nSPS) is 13.9. The monoisotopic (exact) mass is 818 g/mol. The molecule has 56 heavy (non-hydrogen) atoms. The van der Waals surface area contributed by atoms with Gasteiger partial charge in [0.15, 0.2) is 0 Å². The highest BCUT2D eigenvalue weighted by atomic mass is 31.2. The van der Waals surface area contributed by atoms with Gasteiger partial charge in [0.25, 0.3) is 0 Å². The van der Waals surface area contributed by atoms with Crippen molar-refractivity contribution in [1.82, 2.24) is 0 Å². The minimum atomic E-state index is -4.61. The van der Waals surface area contributed by atoms with Gasteiger partial charge in [-0.05, 0) is 38.5 Å². The van der Waals surface area contributed by atoms with Crippen LogP contribution in [0.2, 0.25) is 0 Å². The van der Waals surface area contributed by atoms with Crippen molar-refractivity contribution in [2.24, 2.45) is 5.73 Å². The van der Waals surface area contributed by atoms with Crippen LogP contribution in [0.1, 0.15) is 226 Å². The van der Waals surface area contributed by atoms with E-state index < -0.39 is 45.1 Å². The molecule has 0 aromatic rings. The number of carbonyl (C=O) groups is 2. The molecule has 0 aliphatic heterocycles. The Hall–Kier alpha value is -1.29. The summed E-state index contributed by atoms with van der Waals surface area (Å²) < 4.78 is 33.4. The molecule has 0 spiro atoms. The van der Waals surface area contributed by atoms with Crippen LogP contribution in [0.15, 0.2) is 12.2 Å². The molecule has 11 heteroatoms. The average Bonchev–Trinajstić information content (AvgIpc) is 3.18. The summed E-state index contributed by atoms with van der Waals surface area (Å²) in [4.78, 5) is 33.6. The van der Waals surface area contributed by atoms with Gasteiger partial charge in [-0.25, -0.2) is 4.57 Å². The third kappa shape index (κ3) is 40.9. The Morgan fingerprint density at radius 1 is 0.554 bits per heavy atom. The number of hydrogen-bond donors (Lipinski definition) is 3. The number of allylic oxidation sites excluding steroid dienone is 2. The Labute approximate surface area is 343 Å². The zero-order valence-corrected chi connectivity index (χ0v) is 37.1. The third-order valence-electron chi connectivity index (χ3n) is 10.3. The second kappa shape index (κ2) is 41.9. The smallest absolute Gasteiger partial charge is 0.472 e. The fraction of sp³-hybridized carbons (Fsp3) is 0.911. The van der Waals surface area contributed by atoms with Crippen molar-refractivity contribution in [2.75, 3.05) is 26.4 Å². The molecule has 0 aromatic carbocycles. The van der Waals surface area contributed by atoms with E-state index in [0.717, 1.165) is 38.5 Å². The first kappa shape index (κ1) is 54.7. The van der Waals surface area contributed by atoms with E-state index in [9.17, 15) is 19.0 Å². The summed E-state index contributed by atoms with van der Waals surface area (Å²) in [5.41, 5.74) is 5.36. The zero-order chi connectivity index (χ0) is 41.2. The van der Waals surface area contributed by atoms with Crippen LogP contribution in [0, 0.1) is 0 Å². The summed E-state index contributed by atoms with van der Waals surface area (Å²) >= 11 is 0. The summed E-state index contributed by atoms with van der Waals surface area (Å²) in [6.45, 7) is 3.91. The van der Waals surface area contributed by atoms with Gasteiger partial charge in [-0.1, -0.05) is 193 Å². The van der Waals surface area contributed by atoms with Crippen LogP contribution in [0.25, 0.3) is 0 Å². The lowest BCUT2D eigenvalue weighted by molar-refractivity contribution is -0.154. The number of ether oxygens (including phenoxy) is 2. The minimum Gasteiger partial charge on any atom is -0.480 e. The quantitative estimate of drug-likeness (QED) is 0.0234. The van der Waals surface area contributed by atoms with Crippen molar-refractivity contribution in [3.05, 3.63) is 12.2 Å². The van der Waals surface area contributed by atoms with Gasteiger partial charge in [-0.2, -0.15) is 0 Å². The average molecular weight is 818 g/mol. The lowest BCUT2D eigenvalue weighted by Gasteiger charge is -2.20. The zero-order valence-electron chi connectivity index (χ0n) is 36.2. The van der Waals surface area contributed by atoms with E-state index in [2.05, 4.69) is 26.0 Å². The molecule has 0 rings (SSSR count). The number of unbranched alkanes of at least 4 members (excludes halogenated alkanes) is 29. The second-order valence-electron chi connectivity index (χ2n) is 15.9. The molecule has 0 fully saturated rings. The van der Waals surface area contributed by atoms with Crippen molar-refractivity contribution in [3.63, 3.8) is 0 Å². The van der Waals surface area contributed by atoms with Crippen LogP contribution in [-0.2, 0) is 32.7 Å². The van der Waals surface area contributed by atoms with E-state index >= 15 is 0 Å². The van der Waals surface area contributed by atoms with Gasteiger partial charge in [0.05, 0.1) is 19.8 Å². The lowest BCUT2D eigenvalue weighted by Crippen LogP contribution is -2.34. The Balaban J connectivity index is 4.17. The number of carboxylic acids is 1. The highest BCUT2D eigenvalue weighted by molar-refractivity contribution is 7.47. The molecule has 0 radical (unpaired) electrons. The van der Waals surface area contributed by atoms with Crippen LogP contribution in [-0.4, -0.2) is 60.5 Å². The van der Waals surface area contributed by atoms with E-state index in [1.807, 2.05) is 0 Å². The largest absolute Gasteiger partial charge is 0.480 e. The number of phosphoric acid groups is 1. The summed E-state index contributed by atoms with van der Waals surface area (Å²) in [5.74, 6) is -1.77. The number of phosphoric ester groups is 1. The molecule has 3 unspecified atom stereocenters. The summed E-state index contributed by atoms with van der Waals surface area (Å²) in [6.07, 6.45) is 44.0. The van der Waals surface area contributed by atoms with Crippen molar-refractivity contribution in [2.45, 2.75) is 238 Å². The number of rotatable bonds is 45. The number of esters is 1. The molecule has 0 aliphatic carbocycles. The maximum atomic E-state index is 12.6. The highest BCUT2D eigenvalue weighted by Crippen LogP contribution is 2.43.